The molecule has 1 heterocycles. The van der Waals surface area contributed by atoms with Gasteiger partial charge in [-0.05, 0) is 32.0 Å². The van der Waals surface area contributed by atoms with Gasteiger partial charge in [-0.15, -0.1) is 0 Å². The van der Waals surface area contributed by atoms with Gasteiger partial charge in [0, 0.05) is 38.6 Å². The second kappa shape index (κ2) is 9.16. The quantitative estimate of drug-likeness (QED) is 0.798. The van der Waals surface area contributed by atoms with Crippen molar-refractivity contribution in [1.82, 2.24) is 15.5 Å². The van der Waals surface area contributed by atoms with Gasteiger partial charge in [0.25, 0.3) is 0 Å². The molecule has 5 heteroatoms. The van der Waals surface area contributed by atoms with E-state index in [1.165, 1.54) is 5.56 Å². The van der Waals surface area contributed by atoms with Crippen LogP contribution in [-0.2, 0) is 22.6 Å². The first-order valence-electron chi connectivity index (χ1n) is 8.86. The molecule has 1 saturated heterocycles. The summed E-state index contributed by atoms with van der Waals surface area (Å²) >= 11 is 0. The Balaban J connectivity index is 1.81. The maximum absolute atomic E-state index is 11.9. The standard InChI is InChI=1S/C19H31N3O2/c1-14(9-20-4)19(23)21-10-17-5-7-18(8-6-17)13-22-11-15(2)24-16(3)12-22/h5-8,14-16,20H,9-13H2,1-4H3,(H,21,23). The Labute approximate surface area is 145 Å². The van der Waals surface area contributed by atoms with Gasteiger partial charge in [0.15, 0.2) is 0 Å². The molecule has 2 N–H and O–H groups in total. The van der Waals surface area contributed by atoms with Crippen LogP contribution in [0.3, 0.4) is 0 Å². The average Bonchev–Trinajstić information content (AvgIpc) is 2.53. The summed E-state index contributed by atoms with van der Waals surface area (Å²) in [5.74, 6) is 0.0734. The molecule has 0 aliphatic carbocycles. The van der Waals surface area contributed by atoms with Crippen LogP contribution in [0.4, 0.5) is 0 Å². The molecule has 0 aromatic heterocycles. The van der Waals surface area contributed by atoms with Crippen LogP contribution in [0.15, 0.2) is 24.3 Å². The van der Waals surface area contributed by atoms with E-state index >= 15 is 0 Å². The number of nitrogens with one attached hydrogen (secondary N) is 2. The molecule has 1 aromatic carbocycles. The molecule has 0 saturated carbocycles. The van der Waals surface area contributed by atoms with Crippen molar-refractivity contribution in [2.24, 2.45) is 5.92 Å². The van der Waals surface area contributed by atoms with Crippen molar-refractivity contribution in [1.29, 1.82) is 0 Å². The predicted molar refractivity (Wildman–Crippen MR) is 96.7 cm³/mol. The van der Waals surface area contributed by atoms with E-state index in [1.54, 1.807) is 0 Å². The molecule has 134 valence electrons. The summed E-state index contributed by atoms with van der Waals surface area (Å²) in [6, 6.07) is 8.52. The van der Waals surface area contributed by atoms with E-state index in [1.807, 2.05) is 14.0 Å². The predicted octanol–water partition coefficient (Wildman–Crippen LogP) is 1.77. The molecule has 0 radical (unpaired) electrons. The molecule has 5 nitrogen and oxygen atoms in total. The largest absolute Gasteiger partial charge is 0.373 e. The lowest BCUT2D eigenvalue weighted by molar-refractivity contribution is -0.124. The van der Waals surface area contributed by atoms with E-state index < -0.39 is 0 Å². The second-order valence-electron chi connectivity index (χ2n) is 6.94. The summed E-state index contributed by atoms with van der Waals surface area (Å²) in [7, 11) is 1.86. The molecule has 1 amide bonds. The fraction of sp³-hybridized carbons (Fsp3) is 0.632. The Morgan fingerprint density at radius 1 is 1.21 bits per heavy atom. The maximum Gasteiger partial charge on any atom is 0.224 e. The molecule has 1 aliphatic rings. The van der Waals surface area contributed by atoms with E-state index in [0.717, 1.165) is 25.2 Å². The molecular weight excluding hydrogens is 302 g/mol. The Bertz CT molecular complexity index is 508. The normalized spacial score (nSPS) is 23.0. The third-order valence-corrected chi connectivity index (χ3v) is 4.35. The molecule has 1 fully saturated rings. The fourth-order valence-electron chi connectivity index (χ4n) is 3.20. The van der Waals surface area contributed by atoms with Crippen LogP contribution in [0.5, 0.6) is 0 Å². The highest BCUT2D eigenvalue weighted by Gasteiger charge is 2.21. The molecule has 2 rings (SSSR count). The van der Waals surface area contributed by atoms with Crippen molar-refractivity contribution in [3.8, 4) is 0 Å². The number of morpholine rings is 1. The van der Waals surface area contributed by atoms with Gasteiger partial charge in [-0.3, -0.25) is 9.69 Å². The number of rotatable bonds is 7. The van der Waals surface area contributed by atoms with Crippen molar-refractivity contribution in [3.63, 3.8) is 0 Å². The first-order chi connectivity index (χ1) is 11.5. The lowest BCUT2D eigenvalue weighted by Gasteiger charge is -2.35. The molecule has 3 atom stereocenters. The number of benzene rings is 1. The number of ether oxygens (including phenoxy) is 1. The topological polar surface area (TPSA) is 53.6 Å². The van der Waals surface area contributed by atoms with E-state index in [0.29, 0.717) is 25.3 Å². The highest BCUT2D eigenvalue weighted by Crippen LogP contribution is 2.14. The van der Waals surface area contributed by atoms with Crippen molar-refractivity contribution >= 4 is 5.91 Å². The minimum Gasteiger partial charge on any atom is -0.373 e. The van der Waals surface area contributed by atoms with Crippen LogP contribution < -0.4 is 10.6 Å². The number of hydrogen-bond donors (Lipinski definition) is 2. The number of hydrogen-bond acceptors (Lipinski definition) is 4. The molecule has 1 aromatic rings. The van der Waals surface area contributed by atoms with Gasteiger partial charge in [0.2, 0.25) is 5.91 Å². The molecular formula is C19H31N3O2. The van der Waals surface area contributed by atoms with Crippen LogP contribution in [0, 0.1) is 5.92 Å². The minimum absolute atomic E-state index is 0.0143. The van der Waals surface area contributed by atoms with Gasteiger partial charge in [-0.2, -0.15) is 0 Å². The van der Waals surface area contributed by atoms with E-state index in [4.69, 9.17) is 4.74 Å². The minimum atomic E-state index is -0.0143. The highest BCUT2D eigenvalue weighted by atomic mass is 16.5. The van der Waals surface area contributed by atoms with Crippen molar-refractivity contribution < 1.29 is 9.53 Å². The SMILES string of the molecule is CNCC(C)C(=O)NCc1ccc(CN2CC(C)OC(C)C2)cc1. The smallest absolute Gasteiger partial charge is 0.224 e. The fourth-order valence-corrected chi connectivity index (χ4v) is 3.20. The summed E-state index contributed by atoms with van der Waals surface area (Å²) in [6.45, 7) is 10.4. The zero-order chi connectivity index (χ0) is 17.5. The lowest BCUT2D eigenvalue weighted by atomic mass is 10.1. The highest BCUT2D eigenvalue weighted by molar-refractivity contribution is 5.78. The van der Waals surface area contributed by atoms with E-state index in [-0.39, 0.29) is 11.8 Å². The van der Waals surface area contributed by atoms with Gasteiger partial charge in [-0.25, -0.2) is 0 Å². The first kappa shape index (κ1) is 18.9. The van der Waals surface area contributed by atoms with Gasteiger partial charge >= 0.3 is 0 Å². The van der Waals surface area contributed by atoms with E-state index in [2.05, 4.69) is 53.6 Å². The Morgan fingerprint density at radius 2 is 1.79 bits per heavy atom. The Morgan fingerprint density at radius 3 is 2.38 bits per heavy atom. The van der Waals surface area contributed by atoms with Crippen molar-refractivity contribution in [2.45, 2.75) is 46.1 Å². The summed E-state index contributed by atoms with van der Waals surface area (Å²) in [5, 5.41) is 6.01. The maximum atomic E-state index is 11.9. The van der Waals surface area contributed by atoms with Gasteiger partial charge in [0.05, 0.1) is 12.2 Å². The Kier molecular flexibility index (Phi) is 7.21. The van der Waals surface area contributed by atoms with E-state index in [9.17, 15) is 4.79 Å². The molecule has 0 bridgehead atoms. The van der Waals surface area contributed by atoms with Crippen LogP contribution in [0.2, 0.25) is 0 Å². The number of amides is 1. The zero-order valence-corrected chi connectivity index (χ0v) is 15.3. The summed E-state index contributed by atoms with van der Waals surface area (Å²) in [6.07, 6.45) is 0.589. The third kappa shape index (κ3) is 5.89. The first-order valence-corrected chi connectivity index (χ1v) is 8.86. The van der Waals surface area contributed by atoms with Gasteiger partial charge in [-0.1, -0.05) is 31.2 Å². The summed E-state index contributed by atoms with van der Waals surface area (Å²) in [4.78, 5) is 14.4. The zero-order valence-electron chi connectivity index (χ0n) is 15.3. The monoisotopic (exact) mass is 333 g/mol. The molecule has 0 spiro atoms. The number of nitrogens with zero attached hydrogens (tertiary/aromatic N) is 1. The molecule has 24 heavy (non-hydrogen) atoms. The molecule has 1 aliphatic heterocycles. The molecule has 3 unspecified atom stereocenters. The van der Waals surface area contributed by atoms with Crippen molar-refractivity contribution in [2.75, 3.05) is 26.7 Å². The summed E-state index contributed by atoms with van der Waals surface area (Å²) in [5.41, 5.74) is 2.43. The van der Waals surface area contributed by atoms with Crippen molar-refractivity contribution in [3.05, 3.63) is 35.4 Å². The number of carbonyl (C=O) groups excluding carboxylic acids is 1. The lowest BCUT2D eigenvalue weighted by Crippen LogP contribution is -2.44. The summed E-state index contributed by atoms with van der Waals surface area (Å²) < 4.78 is 5.78. The van der Waals surface area contributed by atoms with Crippen LogP contribution in [-0.4, -0.2) is 49.7 Å². The van der Waals surface area contributed by atoms with Gasteiger partial charge < -0.3 is 15.4 Å². The van der Waals surface area contributed by atoms with Gasteiger partial charge in [0.1, 0.15) is 0 Å². The Hall–Kier alpha value is -1.43. The second-order valence-corrected chi connectivity index (χ2v) is 6.94. The third-order valence-electron chi connectivity index (χ3n) is 4.35. The van der Waals surface area contributed by atoms with Crippen LogP contribution in [0.25, 0.3) is 0 Å². The number of carbonyl (C=O) groups is 1. The van der Waals surface area contributed by atoms with Crippen LogP contribution in [0.1, 0.15) is 31.9 Å². The van der Waals surface area contributed by atoms with Crippen LogP contribution >= 0.6 is 0 Å². The average molecular weight is 333 g/mol.